The number of nitrogens with zero attached hydrogens (tertiary/aromatic N) is 4. The van der Waals surface area contributed by atoms with Crippen LogP contribution in [0.15, 0.2) is 48.8 Å². The number of hydrazine groups is 1. The minimum Gasteiger partial charge on any atom is -0.397 e. The third-order valence-electron chi connectivity index (χ3n) is 7.54. The van der Waals surface area contributed by atoms with Crippen LogP contribution in [-0.2, 0) is 25.6 Å². The maximum atomic E-state index is 13.4. The first-order valence-corrected chi connectivity index (χ1v) is 13.7. The number of benzene rings is 2. The van der Waals surface area contributed by atoms with Gasteiger partial charge in [-0.2, -0.15) is 5.10 Å². The molecule has 1 aliphatic rings. The molecular formula is C31H43N7O. The van der Waals surface area contributed by atoms with E-state index in [-0.39, 0.29) is 11.3 Å². The summed E-state index contributed by atoms with van der Waals surface area (Å²) in [6, 6.07) is 12.2. The van der Waals surface area contributed by atoms with Crippen molar-refractivity contribution in [3.63, 3.8) is 0 Å². The number of carbonyl (C=O) groups is 1. The van der Waals surface area contributed by atoms with E-state index in [1.165, 1.54) is 24.0 Å². The van der Waals surface area contributed by atoms with E-state index in [9.17, 15) is 4.79 Å². The van der Waals surface area contributed by atoms with Gasteiger partial charge in [0.2, 0.25) is 0 Å². The summed E-state index contributed by atoms with van der Waals surface area (Å²) < 4.78 is 1.78. The van der Waals surface area contributed by atoms with E-state index < -0.39 is 0 Å². The molecule has 1 aromatic heterocycles. The van der Waals surface area contributed by atoms with Crippen LogP contribution in [-0.4, -0.2) is 38.7 Å². The molecule has 208 valence electrons. The van der Waals surface area contributed by atoms with Crippen molar-refractivity contribution in [3.8, 4) is 0 Å². The number of hydrogen-bond acceptors (Lipinski definition) is 6. The Kier molecular flexibility index (Phi) is 8.47. The summed E-state index contributed by atoms with van der Waals surface area (Å²) in [6.07, 6.45) is 5.94. The molecule has 1 saturated heterocycles. The van der Waals surface area contributed by atoms with E-state index in [0.29, 0.717) is 17.8 Å². The van der Waals surface area contributed by atoms with Gasteiger partial charge in [0.05, 0.1) is 18.4 Å². The molecule has 5 N–H and O–H groups in total. The van der Waals surface area contributed by atoms with Crippen LogP contribution in [0.3, 0.4) is 0 Å². The number of carbonyl (C=O) groups excluding carboxylic acids is 1. The van der Waals surface area contributed by atoms with Crippen molar-refractivity contribution in [1.29, 1.82) is 0 Å². The number of nitrogens with one attached hydrogen (secondary N) is 1. The maximum Gasteiger partial charge on any atom is 0.255 e. The molecule has 2 heterocycles. The average Bonchev–Trinajstić information content (AvgIpc) is 3.50. The molecule has 39 heavy (non-hydrogen) atoms. The van der Waals surface area contributed by atoms with Crippen molar-refractivity contribution in [2.24, 2.45) is 18.6 Å². The highest BCUT2D eigenvalue weighted by atomic mass is 16.1. The largest absolute Gasteiger partial charge is 0.397 e. The number of anilines is 1. The molecule has 4 rings (SSSR count). The molecule has 0 unspecified atom stereocenters. The van der Waals surface area contributed by atoms with E-state index in [1.54, 1.807) is 22.1 Å². The lowest BCUT2D eigenvalue weighted by atomic mass is 9.85. The minimum atomic E-state index is -0.112. The molecule has 2 aromatic carbocycles. The zero-order chi connectivity index (χ0) is 28.3. The van der Waals surface area contributed by atoms with Gasteiger partial charge in [0, 0.05) is 42.3 Å². The first kappa shape index (κ1) is 28.4. The van der Waals surface area contributed by atoms with Crippen LogP contribution in [0, 0.1) is 13.8 Å². The Morgan fingerprint density at radius 1 is 1.13 bits per heavy atom. The Labute approximate surface area is 232 Å². The van der Waals surface area contributed by atoms with Crippen LogP contribution in [0.25, 0.3) is 5.70 Å². The molecule has 8 nitrogen and oxygen atoms in total. The van der Waals surface area contributed by atoms with Gasteiger partial charge in [-0.05, 0) is 91.7 Å². The van der Waals surface area contributed by atoms with Crippen LogP contribution in [0.2, 0.25) is 0 Å². The minimum absolute atomic E-state index is 0.0542. The summed E-state index contributed by atoms with van der Waals surface area (Å²) in [5.74, 6) is 6.20. The van der Waals surface area contributed by atoms with Gasteiger partial charge < -0.3 is 16.1 Å². The summed E-state index contributed by atoms with van der Waals surface area (Å²) in [7, 11) is 1.88. The number of aromatic nitrogens is 2. The highest BCUT2D eigenvalue weighted by molar-refractivity contribution is 6.04. The van der Waals surface area contributed by atoms with Crippen molar-refractivity contribution in [2.45, 2.75) is 66.0 Å². The van der Waals surface area contributed by atoms with E-state index in [1.807, 2.05) is 51.2 Å². The Bertz CT molecular complexity index is 1360. The molecule has 8 heteroatoms. The Balaban J connectivity index is 1.51. The molecular weight excluding hydrogens is 486 g/mol. The van der Waals surface area contributed by atoms with Gasteiger partial charge in [0.15, 0.2) is 0 Å². The molecule has 0 atom stereocenters. The number of nitrogens with two attached hydrogens (primary N) is 2. The van der Waals surface area contributed by atoms with Gasteiger partial charge in [-0.1, -0.05) is 32.9 Å². The number of amides is 1. The summed E-state index contributed by atoms with van der Waals surface area (Å²) in [5, 5.41) is 8.93. The molecule has 0 radical (unpaired) electrons. The third-order valence-corrected chi connectivity index (χ3v) is 7.54. The van der Waals surface area contributed by atoms with Gasteiger partial charge in [-0.3, -0.25) is 14.4 Å². The normalized spacial score (nSPS) is 14.6. The summed E-state index contributed by atoms with van der Waals surface area (Å²) >= 11 is 0. The zero-order valence-corrected chi connectivity index (χ0v) is 24.2. The summed E-state index contributed by atoms with van der Waals surface area (Å²) in [5.41, 5.74) is 14.5. The van der Waals surface area contributed by atoms with Gasteiger partial charge in [-0.15, -0.1) is 0 Å². The highest BCUT2D eigenvalue weighted by Crippen LogP contribution is 2.27. The fourth-order valence-corrected chi connectivity index (χ4v) is 4.94. The predicted octanol–water partition coefficient (Wildman–Crippen LogP) is 4.82. The van der Waals surface area contributed by atoms with Crippen molar-refractivity contribution < 1.29 is 4.79 Å². The second-order valence-electron chi connectivity index (χ2n) is 11.8. The SMILES string of the molecule is Cc1ccc(NC(=O)c2cc(CN3CCCC3)cc(C(C)(C)C)c2)cc1CN(N)/C=C(\N)c1cnn(C)c1C. The fraction of sp³-hybridized carbons (Fsp3) is 0.419. The van der Waals surface area contributed by atoms with Crippen LogP contribution in [0.1, 0.15) is 77.5 Å². The zero-order valence-electron chi connectivity index (χ0n) is 24.2. The maximum absolute atomic E-state index is 13.4. The topological polar surface area (TPSA) is 105 Å². The van der Waals surface area contributed by atoms with Crippen LogP contribution >= 0.6 is 0 Å². The number of likely N-dealkylation sites (tertiary alicyclic amines) is 1. The molecule has 0 spiro atoms. The van der Waals surface area contributed by atoms with Gasteiger partial charge >= 0.3 is 0 Å². The molecule has 3 aromatic rings. The summed E-state index contributed by atoms with van der Waals surface area (Å²) in [6.45, 7) is 14.1. The molecule has 0 bridgehead atoms. The molecule has 0 aliphatic carbocycles. The van der Waals surface area contributed by atoms with E-state index in [0.717, 1.165) is 47.7 Å². The quantitative estimate of drug-likeness (QED) is 0.286. The number of aryl methyl sites for hydroxylation is 2. The lowest BCUT2D eigenvalue weighted by Gasteiger charge is -2.23. The lowest BCUT2D eigenvalue weighted by Crippen LogP contribution is -2.26. The number of rotatable bonds is 8. The van der Waals surface area contributed by atoms with Crippen molar-refractivity contribution in [1.82, 2.24) is 19.7 Å². The lowest BCUT2D eigenvalue weighted by molar-refractivity contribution is 0.102. The van der Waals surface area contributed by atoms with Crippen LogP contribution < -0.4 is 16.9 Å². The van der Waals surface area contributed by atoms with E-state index >= 15 is 0 Å². The smallest absolute Gasteiger partial charge is 0.255 e. The first-order valence-electron chi connectivity index (χ1n) is 13.7. The van der Waals surface area contributed by atoms with Crippen molar-refractivity contribution >= 4 is 17.3 Å². The van der Waals surface area contributed by atoms with Gasteiger partial charge in [-0.25, -0.2) is 5.84 Å². The molecule has 1 fully saturated rings. The van der Waals surface area contributed by atoms with Crippen LogP contribution in [0.5, 0.6) is 0 Å². The Hall–Kier alpha value is -3.62. The second kappa shape index (κ2) is 11.6. The van der Waals surface area contributed by atoms with E-state index in [4.69, 9.17) is 11.6 Å². The van der Waals surface area contributed by atoms with E-state index in [2.05, 4.69) is 42.2 Å². The first-order chi connectivity index (χ1) is 18.4. The molecule has 0 saturated carbocycles. The van der Waals surface area contributed by atoms with Gasteiger partial charge in [0.1, 0.15) is 0 Å². The standard InChI is InChI=1S/C31H43N7O/c1-21-9-10-27(16-25(21)19-38(33)20-29(32)28-17-34-36(6)22(28)2)35-30(39)24-13-23(18-37-11-7-8-12-37)14-26(15-24)31(3,4)5/h9-10,13-17,20H,7-8,11-12,18-19,32-33H2,1-6H3,(H,35,39)/b29-20-. The van der Waals surface area contributed by atoms with Crippen molar-refractivity contribution in [2.75, 3.05) is 18.4 Å². The summed E-state index contributed by atoms with van der Waals surface area (Å²) in [4.78, 5) is 15.9. The number of hydrogen-bond donors (Lipinski definition) is 3. The average molecular weight is 530 g/mol. The monoisotopic (exact) mass is 529 g/mol. The van der Waals surface area contributed by atoms with Crippen molar-refractivity contribution in [3.05, 3.63) is 87.9 Å². The fourth-order valence-electron chi connectivity index (χ4n) is 4.94. The molecule has 1 aliphatic heterocycles. The van der Waals surface area contributed by atoms with Gasteiger partial charge in [0.25, 0.3) is 5.91 Å². The molecule has 1 amide bonds. The Morgan fingerprint density at radius 2 is 1.85 bits per heavy atom. The Morgan fingerprint density at radius 3 is 2.49 bits per heavy atom. The highest BCUT2D eigenvalue weighted by Gasteiger charge is 2.20. The van der Waals surface area contributed by atoms with Crippen LogP contribution in [0.4, 0.5) is 5.69 Å². The second-order valence-corrected chi connectivity index (χ2v) is 11.8. The predicted molar refractivity (Wildman–Crippen MR) is 159 cm³/mol. The third kappa shape index (κ3) is 7.07.